The Morgan fingerprint density at radius 2 is 1.90 bits per heavy atom. The third kappa shape index (κ3) is 5.06. The van der Waals surface area contributed by atoms with Gasteiger partial charge in [-0.15, -0.1) is 0 Å². The number of nitrogens with one attached hydrogen (secondary N) is 2. The summed E-state index contributed by atoms with van der Waals surface area (Å²) in [7, 11) is 0. The van der Waals surface area contributed by atoms with Crippen molar-refractivity contribution in [2.45, 2.75) is 60.4 Å². The highest BCUT2D eigenvalue weighted by atomic mass is 16.5. The molecule has 1 aromatic heterocycles. The van der Waals surface area contributed by atoms with Gasteiger partial charge < -0.3 is 15.2 Å². The number of hydrogen-bond acceptors (Lipinski definition) is 3. The molecule has 1 rings (SSSR count). The van der Waals surface area contributed by atoms with Crippen molar-refractivity contribution in [3.63, 3.8) is 0 Å². The fraction of sp³-hybridized carbons (Fsp3) is 0.750. The summed E-state index contributed by atoms with van der Waals surface area (Å²) in [5.74, 6) is 2.62. The average molecular weight is 294 g/mol. The van der Waals surface area contributed by atoms with E-state index in [1.807, 2.05) is 13.8 Å². The van der Waals surface area contributed by atoms with Gasteiger partial charge in [0.25, 0.3) is 0 Å². The number of aromatic nitrogens is 1. The second-order valence-electron chi connectivity index (χ2n) is 6.04. The minimum atomic E-state index is 0.293. The van der Waals surface area contributed by atoms with Gasteiger partial charge in [0, 0.05) is 30.6 Å². The van der Waals surface area contributed by atoms with Gasteiger partial charge in [-0.1, -0.05) is 25.9 Å². The van der Waals surface area contributed by atoms with Crippen LogP contribution >= 0.6 is 0 Å². The first kappa shape index (κ1) is 17.5. The largest absolute Gasteiger partial charge is 0.361 e. The van der Waals surface area contributed by atoms with E-state index in [2.05, 4.69) is 50.4 Å². The monoisotopic (exact) mass is 294 g/mol. The van der Waals surface area contributed by atoms with Crippen LogP contribution in [0, 0.1) is 19.8 Å². The number of nitrogens with zero attached hydrogens (tertiary/aromatic N) is 2. The molecule has 0 amide bonds. The Balaban J connectivity index is 2.73. The van der Waals surface area contributed by atoms with E-state index in [0.717, 1.165) is 24.0 Å². The third-order valence-corrected chi connectivity index (χ3v) is 3.81. The predicted molar refractivity (Wildman–Crippen MR) is 87.8 cm³/mol. The smallest absolute Gasteiger partial charge is 0.191 e. The minimum Gasteiger partial charge on any atom is -0.361 e. The molecule has 0 aliphatic rings. The molecule has 21 heavy (non-hydrogen) atoms. The summed E-state index contributed by atoms with van der Waals surface area (Å²) >= 11 is 0. The molecule has 0 aliphatic carbocycles. The molecule has 0 bridgehead atoms. The second kappa shape index (κ2) is 8.05. The molecule has 0 fully saturated rings. The molecule has 0 radical (unpaired) electrons. The van der Waals surface area contributed by atoms with E-state index in [1.54, 1.807) is 0 Å². The van der Waals surface area contributed by atoms with Gasteiger partial charge in [0.2, 0.25) is 0 Å². The summed E-state index contributed by atoms with van der Waals surface area (Å²) < 4.78 is 5.24. The van der Waals surface area contributed by atoms with Crippen molar-refractivity contribution in [1.29, 1.82) is 0 Å². The van der Waals surface area contributed by atoms with E-state index in [1.165, 1.54) is 5.56 Å². The maximum Gasteiger partial charge on any atom is 0.191 e. The quantitative estimate of drug-likeness (QED) is 0.625. The SMILES string of the molecule is CCNC(=NCC(C)c1c(C)noc1C)NC(C)C(C)C. The Morgan fingerprint density at radius 1 is 1.24 bits per heavy atom. The first-order valence-corrected chi connectivity index (χ1v) is 7.84. The molecule has 0 aliphatic heterocycles. The maximum absolute atomic E-state index is 5.24. The summed E-state index contributed by atoms with van der Waals surface area (Å²) in [4.78, 5) is 4.70. The van der Waals surface area contributed by atoms with Gasteiger partial charge in [-0.3, -0.25) is 4.99 Å². The molecule has 2 atom stereocenters. The highest BCUT2D eigenvalue weighted by Crippen LogP contribution is 2.23. The van der Waals surface area contributed by atoms with E-state index in [0.29, 0.717) is 24.4 Å². The topological polar surface area (TPSA) is 62.5 Å². The standard InChI is InChI=1S/C16H30N4O/c1-8-17-16(19-12(5)10(2)3)18-9-11(4)15-13(6)20-21-14(15)7/h10-12H,8-9H2,1-7H3,(H2,17,18,19). The summed E-state index contributed by atoms with van der Waals surface area (Å²) in [5.41, 5.74) is 2.13. The normalized spacial score (nSPS) is 15.1. The van der Waals surface area contributed by atoms with Gasteiger partial charge in [0.15, 0.2) is 5.96 Å². The number of aryl methyl sites for hydroxylation is 2. The Hall–Kier alpha value is -1.52. The van der Waals surface area contributed by atoms with E-state index in [-0.39, 0.29) is 0 Å². The van der Waals surface area contributed by atoms with Crippen molar-refractivity contribution in [3.8, 4) is 0 Å². The third-order valence-electron chi connectivity index (χ3n) is 3.81. The lowest BCUT2D eigenvalue weighted by Crippen LogP contribution is -2.44. The summed E-state index contributed by atoms with van der Waals surface area (Å²) in [6, 6.07) is 0.386. The summed E-state index contributed by atoms with van der Waals surface area (Å²) in [5, 5.41) is 10.8. The molecule has 0 aromatic carbocycles. The zero-order valence-electron chi connectivity index (χ0n) is 14.4. The average Bonchev–Trinajstić information content (AvgIpc) is 2.75. The van der Waals surface area contributed by atoms with Crippen LogP contribution in [0.2, 0.25) is 0 Å². The number of aliphatic imine (C=N–C) groups is 1. The van der Waals surface area contributed by atoms with E-state index in [4.69, 9.17) is 9.52 Å². The Kier molecular flexibility index (Phi) is 6.72. The van der Waals surface area contributed by atoms with Gasteiger partial charge in [0.05, 0.1) is 5.69 Å². The van der Waals surface area contributed by atoms with Crippen LogP contribution in [-0.2, 0) is 0 Å². The molecule has 0 saturated heterocycles. The van der Waals surface area contributed by atoms with Crippen LogP contribution in [-0.4, -0.2) is 30.2 Å². The highest BCUT2D eigenvalue weighted by Gasteiger charge is 2.16. The Labute approximate surface area is 128 Å². The molecule has 5 heteroatoms. The Morgan fingerprint density at radius 3 is 2.38 bits per heavy atom. The van der Waals surface area contributed by atoms with Crippen molar-refractivity contribution in [2.75, 3.05) is 13.1 Å². The molecule has 1 aromatic rings. The van der Waals surface area contributed by atoms with Crippen LogP contribution in [0.25, 0.3) is 0 Å². The van der Waals surface area contributed by atoms with Crippen LogP contribution in [0.4, 0.5) is 0 Å². The zero-order chi connectivity index (χ0) is 16.0. The van der Waals surface area contributed by atoms with Crippen molar-refractivity contribution >= 4 is 5.96 Å². The van der Waals surface area contributed by atoms with Gasteiger partial charge in [-0.2, -0.15) is 0 Å². The minimum absolute atomic E-state index is 0.293. The van der Waals surface area contributed by atoms with Crippen LogP contribution in [0.15, 0.2) is 9.52 Å². The fourth-order valence-electron chi connectivity index (χ4n) is 2.22. The lowest BCUT2D eigenvalue weighted by atomic mass is 10.00. The van der Waals surface area contributed by atoms with Crippen molar-refractivity contribution in [2.24, 2.45) is 10.9 Å². The predicted octanol–water partition coefficient (Wildman–Crippen LogP) is 2.99. The number of guanidine groups is 1. The zero-order valence-corrected chi connectivity index (χ0v) is 14.4. The van der Waals surface area contributed by atoms with Crippen molar-refractivity contribution in [3.05, 3.63) is 17.0 Å². The van der Waals surface area contributed by atoms with Crippen LogP contribution in [0.3, 0.4) is 0 Å². The first-order valence-electron chi connectivity index (χ1n) is 7.84. The summed E-state index contributed by atoms with van der Waals surface area (Å²) in [6.45, 7) is 16.3. The van der Waals surface area contributed by atoms with Gasteiger partial charge in [-0.05, 0) is 33.6 Å². The molecular weight excluding hydrogens is 264 g/mol. The molecule has 2 N–H and O–H groups in total. The fourth-order valence-corrected chi connectivity index (χ4v) is 2.22. The second-order valence-corrected chi connectivity index (χ2v) is 6.04. The summed E-state index contributed by atoms with van der Waals surface area (Å²) in [6.07, 6.45) is 0. The van der Waals surface area contributed by atoms with Crippen molar-refractivity contribution in [1.82, 2.24) is 15.8 Å². The van der Waals surface area contributed by atoms with E-state index >= 15 is 0 Å². The number of hydrogen-bond donors (Lipinski definition) is 2. The molecule has 120 valence electrons. The van der Waals surface area contributed by atoms with Crippen molar-refractivity contribution < 1.29 is 4.52 Å². The number of rotatable bonds is 6. The maximum atomic E-state index is 5.24. The van der Waals surface area contributed by atoms with Gasteiger partial charge in [-0.25, -0.2) is 0 Å². The van der Waals surface area contributed by atoms with Crippen LogP contribution in [0.1, 0.15) is 57.6 Å². The first-order chi connectivity index (χ1) is 9.86. The highest BCUT2D eigenvalue weighted by molar-refractivity contribution is 5.80. The van der Waals surface area contributed by atoms with E-state index in [9.17, 15) is 0 Å². The molecule has 2 unspecified atom stereocenters. The van der Waals surface area contributed by atoms with Crippen LogP contribution in [0.5, 0.6) is 0 Å². The Bertz CT molecular complexity index is 445. The molecule has 5 nitrogen and oxygen atoms in total. The van der Waals surface area contributed by atoms with Crippen LogP contribution < -0.4 is 10.6 Å². The molecule has 0 saturated carbocycles. The molecular formula is C16H30N4O. The molecule has 1 heterocycles. The molecule has 0 spiro atoms. The van der Waals surface area contributed by atoms with Gasteiger partial charge >= 0.3 is 0 Å². The van der Waals surface area contributed by atoms with E-state index < -0.39 is 0 Å². The van der Waals surface area contributed by atoms with Gasteiger partial charge in [0.1, 0.15) is 5.76 Å². The lowest BCUT2D eigenvalue weighted by molar-refractivity contribution is 0.391. The lowest BCUT2D eigenvalue weighted by Gasteiger charge is -2.21.